The Balaban J connectivity index is 1.33. The van der Waals surface area contributed by atoms with E-state index in [-0.39, 0.29) is 18.2 Å². The summed E-state index contributed by atoms with van der Waals surface area (Å²) >= 11 is 0. The average Bonchev–Trinajstić information content (AvgIpc) is 3.08. The molecule has 30 heavy (non-hydrogen) atoms. The Morgan fingerprint density at radius 3 is 2.90 bits per heavy atom. The third-order valence-electron chi connectivity index (χ3n) is 5.78. The Morgan fingerprint density at radius 2 is 2.03 bits per heavy atom. The van der Waals surface area contributed by atoms with Gasteiger partial charge in [0.05, 0.1) is 0 Å². The van der Waals surface area contributed by atoms with E-state index in [2.05, 4.69) is 21.7 Å². The molecule has 2 aliphatic heterocycles. The average molecular weight is 400 g/mol. The van der Waals surface area contributed by atoms with Crippen LogP contribution in [0, 0.1) is 0 Å². The number of piperidine rings is 1. The van der Waals surface area contributed by atoms with Crippen LogP contribution < -0.4 is 10.6 Å². The number of aromatic nitrogens is 1. The van der Waals surface area contributed by atoms with Gasteiger partial charge in [0.1, 0.15) is 6.04 Å². The van der Waals surface area contributed by atoms with Gasteiger partial charge in [-0.15, -0.1) is 0 Å². The number of benzene rings is 2. The lowest BCUT2D eigenvalue weighted by Gasteiger charge is -2.29. The second kappa shape index (κ2) is 7.26. The summed E-state index contributed by atoms with van der Waals surface area (Å²) < 4.78 is 0. The van der Waals surface area contributed by atoms with Crippen LogP contribution in [0.2, 0.25) is 0 Å². The first kappa shape index (κ1) is 18.3. The zero-order chi connectivity index (χ0) is 20.7. The predicted molar refractivity (Wildman–Crippen MR) is 112 cm³/mol. The Hall–Kier alpha value is -3.74. The highest BCUT2D eigenvalue weighted by atomic mass is 16.2. The summed E-state index contributed by atoms with van der Waals surface area (Å²) in [6.07, 6.45) is 4.26. The second-order valence-electron chi connectivity index (χ2n) is 7.64. The molecule has 0 aliphatic carbocycles. The number of hydrogen-bond acceptors (Lipinski definition) is 5. The first-order valence-electron chi connectivity index (χ1n) is 9.93. The molecule has 1 unspecified atom stereocenters. The van der Waals surface area contributed by atoms with Gasteiger partial charge in [0, 0.05) is 48.5 Å². The Labute approximate surface area is 173 Å². The number of imide groups is 1. The first-order valence-corrected chi connectivity index (χ1v) is 9.93. The third kappa shape index (κ3) is 3.18. The lowest BCUT2D eigenvalue weighted by Crippen LogP contribution is -2.52. The van der Waals surface area contributed by atoms with Crippen LogP contribution in [0.15, 0.2) is 54.9 Å². The summed E-state index contributed by atoms with van der Waals surface area (Å²) in [5.74, 6) is -0.833. The number of anilines is 1. The van der Waals surface area contributed by atoms with Crippen molar-refractivity contribution in [2.24, 2.45) is 0 Å². The van der Waals surface area contributed by atoms with Crippen LogP contribution in [0.25, 0.3) is 10.8 Å². The molecule has 1 fully saturated rings. The van der Waals surface area contributed by atoms with Crippen molar-refractivity contribution in [1.29, 1.82) is 0 Å². The van der Waals surface area contributed by atoms with Gasteiger partial charge in [-0.1, -0.05) is 18.2 Å². The van der Waals surface area contributed by atoms with Gasteiger partial charge in [-0.2, -0.15) is 0 Å². The quantitative estimate of drug-likeness (QED) is 0.657. The van der Waals surface area contributed by atoms with Crippen molar-refractivity contribution in [1.82, 2.24) is 15.2 Å². The maximum absolute atomic E-state index is 12.8. The number of amides is 3. The molecular weight excluding hydrogens is 380 g/mol. The smallest absolute Gasteiger partial charge is 0.255 e. The number of pyridine rings is 1. The largest absolute Gasteiger partial charge is 0.381 e. The van der Waals surface area contributed by atoms with E-state index >= 15 is 0 Å². The minimum absolute atomic E-state index is 0.160. The van der Waals surface area contributed by atoms with E-state index in [1.54, 1.807) is 17.2 Å². The van der Waals surface area contributed by atoms with Crippen molar-refractivity contribution >= 4 is 34.2 Å². The molecule has 7 nitrogen and oxygen atoms in total. The highest BCUT2D eigenvalue weighted by Gasteiger charge is 2.39. The van der Waals surface area contributed by atoms with E-state index in [4.69, 9.17) is 0 Å². The van der Waals surface area contributed by atoms with Gasteiger partial charge in [-0.25, -0.2) is 0 Å². The molecule has 3 amide bonds. The molecule has 2 aliphatic rings. The van der Waals surface area contributed by atoms with E-state index < -0.39 is 11.9 Å². The van der Waals surface area contributed by atoms with Crippen LogP contribution in [0.3, 0.4) is 0 Å². The van der Waals surface area contributed by atoms with Crippen LogP contribution in [0.5, 0.6) is 0 Å². The van der Waals surface area contributed by atoms with Gasteiger partial charge in [-0.05, 0) is 47.2 Å². The van der Waals surface area contributed by atoms with Gasteiger partial charge in [0.25, 0.3) is 5.91 Å². The van der Waals surface area contributed by atoms with E-state index in [0.717, 1.165) is 27.6 Å². The zero-order valence-electron chi connectivity index (χ0n) is 16.2. The molecule has 0 spiro atoms. The van der Waals surface area contributed by atoms with Crippen molar-refractivity contribution in [3.8, 4) is 0 Å². The Kier molecular flexibility index (Phi) is 4.43. The molecular formula is C23H20N4O3. The molecule has 2 N–H and O–H groups in total. The summed E-state index contributed by atoms with van der Waals surface area (Å²) in [6.45, 7) is 1.01. The number of hydrogen-bond donors (Lipinski definition) is 2. The molecule has 7 heteroatoms. The fraction of sp³-hybridized carbons (Fsp3) is 0.217. The van der Waals surface area contributed by atoms with Crippen LogP contribution in [0.4, 0.5) is 5.69 Å². The van der Waals surface area contributed by atoms with E-state index in [0.29, 0.717) is 25.1 Å². The molecule has 150 valence electrons. The van der Waals surface area contributed by atoms with Crippen molar-refractivity contribution < 1.29 is 14.4 Å². The maximum Gasteiger partial charge on any atom is 0.255 e. The number of carbonyl (C=O) groups is 3. The zero-order valence-corrected chi connectivity index (χ0v) is 16.2. The van der Waals surface area contributed by atoms with Gasteiger partial charge in [0.15, 0.2) is 0 Å². The van der Waals surface area contributed by atoms with Crippen molar-refractivity contribution in [2.75, 3.05) is 5.32 Å². The van der Waals surface area contributed by atoms with Crippen molar-refractivity contribution in [3.05, 3.63) is 71.5 Å². The van der Waals surface area contributed by atoms with Crippen LogP contribution in [0.1, 0.15) is 34.3 Å². The summed E-state index contributed by atoms with van der Waals surface area (Å²) in [4.78, 5) is 42.1. The van der Waals surface area contributed by atoms with Gasteiger partial charge >= 0.3 is 0 Å². The number of fused-ring (bicyclic) bond motifs is 2. The molecule has 0 saturated carbocycles. The maximum atomic E-state index is 12.8. The highest BCUT2D eigenvalue weighted by Crippen LogP contribution is 2.30. The fourth-order valence-corrected chi connectivity index (χ4v) is 4.23. The molecule has 1 saturated heterocycles. The highest BCUT2D eigenvalue weighted by molar-refractivity contribution is 6.05. The summed E-state index contributed by atoms with van der Waals surface area (Å²) in [5, 5.41) is 8.01. The second-order valence-corrected chi connectivity index (χ2v) is 7.64. The topological polar surface area (TPSA) is 91.4 Å². The Bertz CT molecular complexity index is 1180. The van der Waals surface area contributed by atoms with Crippen LogP contribution in [-0.4, -0.2) is 33.6 Å². The molecule has 2 aromatic carbocycles. The van der Waals surface area contributed by atoms with Crippen LogP contribution >= 0.6 is 0 Å². The monoisotopic (exact) mass is 400 g/mol. The van der Waals surface area contributed by atoms with Gasteiger partial charge in [-0.3, -0.25) is 24.7 Å². The van der Waals surface area contributed by atoms with Gasteiger partial charge in [0.2, 0.25) is 11.8 Å². The van der Waals surface area contributed by atoms with Gasteiger partial charge < -0.3 is 10.2 Å². The molecule has 1 atom stereocenters. The normalized spacial score (nSPS) is 18.5. The lowest BCUT2D eigenvalue weighted by molar-refractivity contribution is -0.136. The minimum atomic E-state index is -0.594. The molecule has 5 rings (SSSR count). The molecule has 0 bridgehead atoms. The summed E-state index contributed by atoms with van der Waals surface area (Å²) in [7, 11) is 0. The Morgan fingerprint density at radius 1 is 1.13 bits per heavy atom. The van der Waals surface area contributed by atoms with Crippen molar-refractivity contribution in [3.63, 3.8) is 0 Å². The third-order valence-corrected chi connectivity index (χ3v) is 5.78. The van der Waals surface area contributed by atoms with E-state index in [9.17, 15) is 14.4 Å². The summed E-state index contributed by atoms with van der Waals surface area (Å²) in [5.41, 5.74) is 3.58. The first-order chi connectivity index (χ1) is 14.6. The van der Waals surface area contributed by atoms with E-state index in [1.807, 2.05) is 36.5 Å². The lowest BCUT2D eigenvalue weighted by atomic mass is 10.0. The molecule has 3 heterocycles. The number of nitrogens with one attached hydrogen (secondary N) is 2. The number of nitrogens with zero attached hydrogens (tertiary/aromatic N) is 2. The number of carbonyl (C=O) groups excluding carboxylic acids is 3. The van der Waals surface area contributed by atoms with Crippen LogP contribution in [-0.2, 0) is 22.7 Å². The summed E-state index contributed by atoms with van der Waals surface area (Å²) in [6, 6.07) is 13.2. The predicted octanol–water partition coefficient (Wildman–Crippen LogP) is 2.61. The van der Waals surface area contributed by atoms with Crippen molar-refractivity contribution in [2.45, 2.75) is 32.0 Å². The molecule has 1 aromatic heterocycles. The fourth-order valence-electron chi connectivity index (χ4n) is 4.23. The van der Waals surface area contributed by atoms with E-state index in [1.165, 1.54) is 0 Å². The standard InChI is InChI=1S/C23H20N4O3/c28-21-7-6-20(22(29)26-21)27-13-16-10-17(4-5-19(16)23(27)30)25-12-15-3-1-2-14-11-24-9-8-18(14)15/h1-5,8-11,20,25H,6-7,12-13H2,(H,26,28,29). The minimum Gasteiger partial charge on any atom is -0.381 e. The molecule has 3 aromatic rings. The molecule has 0 radical (unpaired) electrons. The SMILES string of the molecule is O=C1CCC(N2Cc3cc(NCc4cccc5cnccc45)ccc3C2=O)C(=O)N1. The number of rotatable bonds is 4.